The van der Waals surface area contributed by atoms with Gasteiger partial charge in [-0.15, -0.1) is 0 Å². The number of aryl methyl sites for hydroxylation is 1. The van der Waals surface area contributed by atoms with E-state index < -0.39 is 6.10 Å². The van der Waals surface area contributed by atoms with Gasteiger partial charge in [-0.3, -0.25) is 9.59 Å². The van der Waals surface area contributed by atoms with Gasteiger partial charge in [-0.2, -0.15) is 4.98 Å². The zero-order valence-corrected chi connectivity index (χ0v) is 25.7. The van der Waals surface area contributed by atoms with Gasteiger partial charge in [0.25, 0.3) is 5.91 Å². The van der Waals surface area contributed by atoms with E-state index in [2.05, 4.69) is 30.8 Å². The number of oxazole rings is 1. The van der Waals surface area contributed by atoms with Crippen molar-refractivity contribution in [3.05, 3.63) is 58.9 Å². The number of piperidine rings is 2. The highest BCUT2D eigenvalue weighted by atomic mass is 16.5. The van der Waals surface area contributed by atoms with Crippen molar-refractivity contribution in [3.8, 4) is 5.75 Å². The smallest absolute Gasteiger partial charge is 0.270 e. The molecule has 2 bridgehead atoms. The third-order valence-corrected chi connectivity index (χ3v) is 9.52. The number of fused-ring (bicyclic) bond motifs is 3. The molecule has 2 atom stereocenters. The fourth-order valence-electron chi connectivity index (χ4n) is 6.76. The van der Waals surface area contributed by atoms with Gasteiger partial charge in [0.05, 0.1) is 17.8 Å². The van der Waals surface area contributed by atoms with Gasteiger partial charge in [0.2, 0.25) is 11.9 Å². The summed E-state index contributed by atoms with van der Waals surface area (Å²) in [6.45, 7) is 7.40. The van der Waals surface area contributed by atoms with Crippen LogP contribution in [0.15, 0.2) is 35.1 Å². The molecule has 4 aliphatic heterocycles. The molecule has 4 fully saturated rings. The van der Waals surface area contributed by atoms with Crippen LogP contribution in [0.4, 0.5) is 11.8 Å². The minimum Gasteiger partial charge on any atom is -0.486 e. The second-order valence-electron chi connectivity index (χ2n) is 12.9. The predicted molar refractivity (Wildman–Crippen MR) is 165 cm³/mol. The molecule has 0 radical (unpaired) electrons. The Balaban J connectivity index is 0.963. The van der Waals surface area contributed by atoms with Crippen molar-refractivity contribution < 1.29 is 23.8 Å². The summed E-state index contributed by atoms with van der Waals surface area (Å²) in [7, 11) is 0. The van der Waals surface area contributed by atoms with Crippen molar-refractivity contribution in [1.82, 2.24) is 30.5 Å². The number of rotatable bonds is 10. The van der Waals surface area contributed by atoms with E-state index in [1.807, 2.05) is 25.1 Å². The Morgan fingerprint density at radius 3 is 2.67 bits per heavy atom. The first-order chi connectivity index (χ1) is 21.8. The standard InChI is InChI=1S/C32H40N8O5/c1-18-29(45-17-35-18)16-44-25-4-3-22-8-26(33-10-23(22)7-25)28(42)11-34-31(43)27-9-30(36-24-14-39(15-24)19(2)41)38-32(37-27)40-12-20-5-21(6-20)13-40/h3-4,7,9,17,20-21,24,26,28,33,42H,5-6,8,10-16H2,1-2H3,(H,34,43)(H,36,37,38)/t20?,21?,26-,28+/m0/s1. The summed E-state index contributed by atoms with van der Waals surface area (Å²) in [5, 5.41) is 20.7. The molecule has 45 heavy (non-hydrogen) atoms. The SMILES string of the molecule is CC(=O)N1CC(Nc2cc(C(=O)NC[C@@H](O)[C@@H]3Cc4ccc(OCc5ocnc5C)cc4CN3)nc(N3CC4CC(C4)C3)n2)C1. The normalized spacial score (nSPS) is 23.0. The number of amides is 2. The Hall–Kier alpha value is -4.23. The van der Waals surface area contributed by atoms with E-state index in [0.29, 0.717) is 62.0 Å². The predicted octanol–water partition coefficient (Wildman–Crippen LogP) is 1.65. The summed E-state index contributed by atoms with van der Waals surface area (Å²) in [5.74, 6) is 3.56. The Kier molecular flexibility index (Phi) is 8.04. The van der Waals surface area contributed by atoms with Crippen molar-refractivity contribution in [2.75, 3.05) is 42.9 Å². The summed E-state index contributed by atoms with van der Waals surface area (Å²) < 4.78 is 11.2. The van der Waals surface area contributed by atoms with E-state index in [0.717, 1.165) is 35.7 Å². The second-order valence-corrected chi connectivity index (χ2v) is 12.9. The molecule has 4 N–H and O–H groups in total. The number of aliphatic hydroxyl groups is 1. The van der Waals surface area contributed by atoms with Crippen LogP contribution in [0, 0.1) is 18.8 Å². The third-order valence-electron chi connectivity index (χ3n) is 9.52. The molecule has 13 heteroatoms. The minimum atomic E-state index is -0.798. The van der Waals surface area contributed by atoms with Crippen LogP contribution in [-0.2, 0) is 24.4 Å². The number of likely N-dealkylation sites (tertiary alicyclic amines) is 1. The van der Waals surface area contributed by atoms with Crippen LogP contribution in [-0.4, -0.2) is 87.7 Å². The molecular formula is C32H40N8O5. The number of anilines is 2. The van der Waals surface area contributed by atoms with Gasteiger partial charge in [0, 0.05) is 58.3 Å². The topological polar surface area (TPSA) is 158 Å². The summed E-state index contributed by atoms with van der Waals surface area (Å²) >= 11 is 0. The van der Waals surface area contributed by atoms with Crippen molar-refractivity contribution >= 4 is 23.6 Å². The monoisotopic (exact) mass is 616 g/mol. The zero-order valence-electron chi connectivity index (χ0n) is 25.7. The number of carbonyl (C=O) groups excluding carboxylic acids is 2. The molecule has 238 valence electrons. The molecule has 13 nitrogen and oxygen atoms in total. The molecule has 3 saturated heterocycles. The molecule has 6 heterocycles. The number of nitrogens with one attached hydrogen (secondary N) is 3. The summed E-state index contributed by atoms with van der Waals surface area (Å²) in [6, 6.07) is 7.46. The first-order valence-corrected chi connectivity index (χ1v) is 15.8. The van der Waals surface area contributed by atoms with E-state index in [4.69, 9.17) is 14.1 Å². The van der Waals surface area contributed by atoms with Crippen LogP contribution < -0.4 is 25.6 Å². The van der Waals surface area contributed by atoms with E-state index in [-0.39, 0.29) is 36.1 Å². The van der Waals surface area contributed by atoms with Gasteiger partial charge in [-0.1, -0.05) is 6.07 Å². The molecule has 0 spiro atoms. The molecule has 1 aliphatic carbocycles. The molecule has 1 aromatic carbocycles. The van der Waals surface area contributed by atoms with Crippen LogP contribution in [0.25, 0.3) is 0 Å². The van der Waals surface area contributed by atoms with Crippen molar-refractivity contribution in [2.24, 2.45) is 11.8 Å². The van der Waals surface area contributed by atoms with Gasteiger partial charge in [-0.05, 0) is 61.3 Å². The summed E-state index contributed by atoms with van der Waals surface area (Å²) in [6.07, 6.45) is 3.74. The number of benzene rings is 1. The lowest BCUT2D eigenvalue weighted by Crippen LogP contribution is -2.56. The van der Waals surface area contributed by atoms with Crippen LogP contribution in [0.1, 0.15) is 52.8 Å². The van der Waals surface area contributed by atoms with E-state index >= 15 is 0 Å². The van der Waals surface area contributed by atoms with Crippen LogP contribution in [0.5, 0.6) is 5.75 Å². The maximum atomic E-state index is 13.3. The Morgan fingerprint density at radius 2 is 1.93 bits per heavy atom. The van der Waals surface area contributed by atoms with Gasteiger partial charge in [0.1, 0.15) is 23.9 Å². The van der Waals surface area contributed by atoms with Crippen LogP contribution >= 0.6 is 0 Å². The number of nitrogens with zero attached hydrogens (tertiary/aromatic N) is 5. The summed E-state index contributed by atoms with van der Waals surface area (Å²) in [4.78, 5) is 42.4. The van der Waals surface area contributed by atoms with Gasteiger partial charge in [0.15, 0.2) is 12.2 Å². The highest BCUT2D eigenvalue weighted by Gasteiger charge is 2.38. The average molecular weight is 617 g/mol. The van der Waals surface area contributed by atoms with E-state index in [9.17, 15) is 14.7 Å². The van der Waals surface area contributed by atoms with E-state index in [1.54, 1.807) is 17.9 Å². The first kappa shape index (κ1) is 29.5. The largest absolute Gasteiger partial charge is 0.486 e. The van der Waals surface area contributed by atoms with Gasteiger partial charge in [-0.25, -0.2) is 9.97 Å². The van der Waals surface area contributed by atoms with Crippen molar-refractivity contribution in [1.29, 1.82) is 0 Å². The Bertz CT molecular complexity index is 1560. The lowest BCUT2D eigenvalue weighted by molar-refractivity contribution is -0.132. The minimum absolute atomic E-state index is 0.0476. The molecule has 8 rings (SSSR count). The quantitative estimate of drug-likeness (QED) is 0.263. The van der Waals surface area contributed by atoms with Gasteiger partial charge < -0.3 is 40.0 Å². The van der Waals surface area contributed by atoms with Crippen LogP contribution in [0.3, 0.4) is 0 Å². The molecule has 3 aromatic rings. The third kappa shape index (κ3) is 6.45. The maximum absolute atomic E-state index is 13.3. The maximum Gasteiger partial charge on any atom is 0.270 e. The molecular weight excluding hydrogens is 576 g/mol. The molecule has 0 unspecified atom stereocenters. The number of carbonyl (C=O) groups is 2. The van der Waals surface area contributed by atoms with Gasteiger partial charge >= 0.3 is 0 Å². The van der Waals surface area contributed by atoms with Crippen molar-refractivity contribution in [3.63, 3.8) is 0 Å². The lowest BCUT2D eigenvalue weighted by atomic mass is 9.71. The van der Waals surface area contributed by atoms with Crippen LogP contribution in [0.2, 0.25) is 0 Å². The Morgan fingerprint density at radius 1 is 1.13 bits per heavy atom. The fourth-order valence-corrected chi connectivity index (χ4v) is 6.76. The molecule has 2 amide bonds. The average Bonchev–Trinajstić information content (AvgIpc) is 3.43. The first-order valence-electron chi connectivity index (χ1n) is 15.8. The lowest BCUT2D eigenvalue weighted by Gasteiger charge is -2.47. The number of aromatic nitrogens is 3. The molecule has 5 aliphatic rings. The number of hydrogen-bond acceptors (Lipinski definition) is 11. The fraction of sp³-hybridized carbons (Fsp3) is 0.531. The number of ether oxygens (including phenoxy) is 1. The number of hydrogen-bond donors (Lipinski definition) is 4. The highest BCUT2D eigenvalue weighted by molar-refractivity contribution is 5.93. The number of aliphatic hydroxyl groups excluding tert-OH is 1. The highest BCUT2D eigenvalue weighted by Crippen LogP contribution is 2.40. The molecule has 1 saturated carbocycles. The summed E-state index contributed by atoms with van der Waals surface area (Å²) in [5.41, 5.74) is 3.30. The van der Waals surface area contributed by atoms with Crippen molar-refractivity contribution in [2.45, 2.75) is 64.4 Å². The Labute approximate surface area is 261 Å². The molecule has 2 aromatic heterocycles. The second kappa shape index (κ2) is 12.3. The van der Waals surface area contributed by atoms with E-state index in [1.165, 1.54) is 19.2 Å². The zero-order chi connectivity index (χ0) is 31.1.